The van der Waals surface area contributed by atoms with Gasteiger partial charge in [0, 0.05) is 22.2 Å². The van der Waals surface area contributed by atoms with Crippen molar-refractivity contribution >= 4 is 34.5 Å². The minimum Gasteiger partial charge on any atom is -0.484 e. The molecule has 1 aromatic heterocycles. The minimum atomic E-state index is -0.171. The SMILES string of the molecule is NCC(Oc1cc(Cl)cc(Cl)c1)c1ccsc1. The van der Waals surface area contributed by atoms with Crippen LogP contribution < -0.4 is 10.5 Å². The van der Waals surface area contributed by atoms with E-state index in [1.807, 2.05) is 16.8 Å². The normalized spacial score (nSPS) is 12.4. The van der Waals surface area contributed by atoms with Crippen LogP contribution in [-0.2, 0) is 0 Å². The highest BCUT2D eigenvalue weighted by Gasteiger charge is 2.12. The lowest BCUT2D eigenvalue weighted by Crippen LogP contribution is -2.17. The van der Waals surface area contributed by atoms with Crippen LogP contribution in [0.5, 0.6) is 5.75 Å². The number of halogens is 2. The highest BCUT2D eigenvalue weighted by Crippen LogP contribution is 2.28. The fraction of sp³-hybridized carbons (Fsp3) is 0.167. The molecule has 0 saturated heterocycles. The van der Waals surface area contributed by atoms with Gasteiger partial charge in [-0.2, -0.15) is 11.3 Å². The minimum absolute atomic E-state index is 0.171. The summed E-state index contributed by atoms with van der Waals surface area (Å²) in [7, 11) is 0. The lowest BCUT2D eigenvalue weighted by molar-refractivity contribution is 0.215. The summed E-state index contributed by atoms with van der Waals surface area (Å²) >= 11 is 13.4. The number of thiophene rings is 1. The van der Waals surface area contributed by atoms with Gasteiger partial charge < -0.3 is 10.5 Å². The number of benzene rings is 1. The Kier molecular flexibility index (Phi) is 4.29. The van der Waals surface area contributed by atoms with Crippen molar-refractivity contribution < 1.29 is 4.74 Å². The second kappa shape index (κ2) is 5.74. The topological polar surface area (TPSA) is 35.2 Å². The molecule has 0 fully saturated rings. The number of hydrogen-bond donors (Lipinski definition) is 1. The van der Waals surface area contributed by atoms with E-state index < -0.39 is 0 Å². The molecule has 0 radical (unpaired) electrons. The Labute approximate surface area is 114 Å². The molecule has 1 atom stereocenters. The Morgan fingerprint density at radius 3 is 2.47 bits per heavy atom. The smallest absolute Gasteiger partial charge is 0.137 e. The summed E-state index contributed by atoms with van der Waals surface area (Å²) in [6.07, 6.45) is -0.171. The number of ether oxygens (including phenoxy) is 1. The molecule has 1 heterocycles. The first kappa shape index (κ1) is 12.7. The van der Waals surface area contributed by atoms with Crippen molar-refractivity contribution in [2.75, 3.05) is 6.54 Å². The molecule has 2 aromatic rings. The van der Waals surface area contributed by atoms with Gasteiger partial charge in [0.2, 0.25) is 0 Å². The summed E-state index contributed by atoms with van der Waals surface area (Å²) in [4.78, 5) is 0. The zero-order valence-electron chi connectivity index (χ0n) is 8.90. The van der Waals surface area contributed by atoms with Crippen molar-refractivity contribution in [2.24, 2.45) is 5.73 Å². The van der Waals surface area contributed by atoms with E-state index in [0.29, 0.717) is 22.3 Å². The van der Waals surface area contributed by atoms with Gasteiger partial charge in [-0.05, 0) is 35.0 Å². The van der Waals surface area contributed by atoms with Gasteiger partial charge in [-0.1, -0.05) is 23.2 Å². The average Bonchev–Trinajstić information content (AvgIpc) is 2.77. The van der Waals surface area contributed by atoms with Gasteiger partial charge >= 0.3 is 0 Å². The Hall–Kier alpha value is -0.740. The van der Waals surface area contributed by atoms with E-state index in [4.69, 9.17) is 33.7 Å². The first-order chi connectivity index (χ1) is 8.19. The largest absolute Gasteiger partial charge is 0.484 e. The molecule has 1 unspecified atom stereocenters. The van der Waals surface area contributed by atoms with E-state index >= 15 is 0 Å². The van der Waals surface area contributed by atoms with Crippen LogP contribution in [0.15, 0.2) is 35.0 Å². The first-order valence-corrected chi connectivity index (χ1v) is 6.74. The van der Waals surface area contributed by atoms with E-state index in [0.717, 1.165) is 5.56 Å². The maximum absolute atomic E-state index is 5.91. The second-order valence-corrected chi connectivity index (χ2v) is 5.16. The van der Waals surface area contributed by atoms with Crippen LogP contribution >= 0.6 is 34.5 Å². The van der Waals surface area contributed by atoms with Crippen molar-refractivity contribution in [1.29, 1.82) is 0 Å². The first-order valence-electron chi connectivity index (χ1n) is 5.04. The van der Waals surface area contributed by atoms with Crippen LogP contribution in [0.2, 0.25) is 10.0 Å². The number of rotatable bonds is 4. The van der Waals surface area contributed by atoms with Gasteiger partial charge in [0.1, 0.15) is 11.9 Å². The van der Waals surface area contributed by atoms with Crippen LogP contribution in [0.3, 0.4) is 0 Å². The Balaban J connectivity index is 2.18. The molecule has 5 heteroatoms. The Bertz CT molecular complexity index is 467. The monoisotopic (exact) mass is 287 g/mol. The predicted molar refractivity (Wildman–Crippen MR) is 73.2 cm³/mol. The van der Waals surface area contributed by atoms with Gasteiger partial charge in [0.15, 0.2) is 0 Å². The van der Waals surface area contributed by atoms with Crippen molar-refractivity contribution in [2.45, 2.75) is 6.10 Å². The zero-order chi connectivity index (χ0) is 12.3. The third kappa shape index (κ3) is 3.36. The van der Waals surface area contributed by atoms with Gasteiger partial charge in [-0.25, -0.2) is 0 Å². The maximum Gasteiger partial charge on any atom is 0.137 e. The van der Waals surface area contributed by atoms with Gasteiger partial charge in [-0.15, -0.1) is 0 Å². The second-order valence-electron chi connectivity index (χ2n) is 3.50. The summed E-state index contributed by atoms with van der Waals surface area (Å²) in [5, 5.41) is 5.11. The van der Waals surface area contributed by atoms with Crippen molar-refractivity contribution in [3.8, 4) is 5.75 Å². The van der Waals surface area contributed by atoms with Gasteiger partial charge in [-0.3, -0.25) is 0 Å². The van der Waals surface area contributed by atoms with Crippen molar-refractivity contribution in [1.82, 2.24) is 0 Å². The summed E-state index contributed by atoms with van der Waals surface area (Å²) < 4.78 is 5.78. The van der Waals surface area contributed by atoms with Crippen LogP contribution in [0.4, 0.5) is 0 Å². The molecule has 0 aliphatic rings. The molecule has 0 aliphatic carbocycles. The molecule has 0 aliphatic heterocycles. The summed E-state index contributed by atoms with van der Waals surface area (Å²) in [6, 6.07) is 7.11. The third-order valence-electron chi connectivity index (χ3n) is 2.24. The molecule has 1 aromatic carbocycles. The highest BCUT2D eigenvalue weighted by molar-refractivity contribution is 7.07. The molecule has 2 rings (SSSR count). The number of hydrogen-bond acceptors (Lipinski definition) is 3. The van der Waals surface area contributed by atoms with Crippen LogP contribution in [0.25, 0.3) is 0 Å². The molecule has 0 amide bonds. The lowest BCUT2D eigenvalue weighted by Gasteiger charge is -2.16. The summed E-state index contributed by atoms with van der Waals surface area (Å²) in [5.74, 6) is 0.629. The van der Waals surface area contributed by atoms with Crippen LogP contribution in [-0.4, -0.2) is 6.54 Å². The van der Waals surface area contributed by atoms with E-state index in [1.54, 1.807) is 29.5 Å². The molecular weight excluding hydrogens is 277 g/mol. The third-order valence-corrected chi connectivity index (χ3v) is 3.38. The van der Waals surface area contributed by atoms with Crippen LogP contribution in [0, 0.1) is 0 Å². The van der Waals surface area contributed by atoms with Gasteiger partial charge in [0.05, 0.1) is 0 Å². The molecule has 17 heavy (non-hydrogen) atoms. The van der Waals surface area contributed by atoms with E-state index in [2.05, 4.69) is 0 Å². The van der Waals surface area contributed by atoms with E-state index in [1.165, 1.54) is 0 Å². The Morgan fingerprint density at radius 2 is 1.94 bits per heavy atom. The lowest BCUT2D eigenvalue weighted by atomic mass is 10.2. The van der Waals surface area contributed by atoms with Crippen LogP contribution in [0.1, 0.15) is 11.7 Å². The molecular formula is C12H11Cl2NOS. The number of nitrogens with two attached hydrogens (primary N) is 1. The quantitative estimate of drug-likeness (QED) is 0.918. The summed E-state index contributed by atoms with van der Waals surface area (Å²) in [6.45, 7) is 0.404. The van der Waals surface area contributed by atoms with E-state index in [9.17, 15) is 0 Å². The maximum atomic E-state index is 5.91. The zero-order valence-corrected chi connectivity index (χ0v) is 11.2. The molecule has 0 spiro atoms. The molecule has 2 N–H and O–H groups in total. The van der Waals surface area contributed by atoms with Crippen molar-refractivity contribution in [3.63, 3.8) is 0 Å². The Morgan fingerprint density at radius 1 is 1.24 bits per heavy atom. The fourth-order valence-corrected chi connectivity index (χ4v) is 2.68. The van der Waals surface area contributed by atoms with E-state index in [-0.39, 0.29) is 6.10 Å². The van der Waals surface area contributed by atoms with Crippen molar-refractivity contribution in [3.05, 3.63) is 50.6 Å². The molecule has 2 nitrogen and oxygen atoms in total. The molecule has 0 bridgehead atoms. The summed E-state index contributed by atoms with van der Waals surface area (Å²) in [5.41, 5.74) is 6.77. The predicted octanol–water partition coefficient (Wildman–Crippen LogP) is 4.13. The standard InChI is InChI=1S/C12H11Cl2NOS/c13-9-3-10(14)5-11(4-9)16-12(6-15)8-1-2-17-7-8/h1-5,7,12H,6,15H2. The molecule has 0 saturated carbocycles. The fourth-order valence-electron chi connectivity index (χ4n) is 1.47. The molecule has 90 valence electrons. The average molecular weight is 288 g/mol. The highest BCUT2D eigenvalue weighted by atomic mass is 35.5. The van der Waals surface area contributed by atoms with Gasteiger partial charge in [0.25, 0.3) is 0 Å².